The van der Waals surface area contributed by atoms with Crippen LogP contribution in [0.15, 0.2) is 30.7 Å². The summed E-state index contributed by atoms with van der Waals surface area (Å²) in [6.07, 6.45) is 11.2. The normalized spacial score (nSPS) is 17.7. The maximum atomic E-state index is 12.7. The molecule has 2 amide bonds. The van der Waals surface area contributed by atoms with Crippen molar-refractivity contribution in [3.63, 3.8) is 0 Å². The van der Waals surface area contributed by atoms with Crippen molar-refractivity contribution in [1.82, 2.24) is 24.3 Å². The van der Waals surface area contributed by atoms with Crippen LogP contribution in [0.3, 0.4) is 0 Å². The number of aromatic nitrogens is 3. The molecular weight excluding hydrogens is 314 g/mol. The fourth-order valence-electron chi connectivity index (χ4n) is 3.65. The summed E-state index contributed by atoms with van der Waals surface area (Å²) >= 11 is 0. The Kier molecular flexibility index (Phi) is 5.79. The van der Waals surface area contributed by atoms with Crippen LogP contribution in [0, 0.1) is 6.92 Å². The van der Waals surface area contributed by atoms with Gasteiger partial charge >= 0.3 is 6.03 Å². The highest BCUT2D eigenvalue weighted by Crippen LogP contribution is 2.30. The quantitative estimate of drug-likeness (QED) is 0.819. The van der Waals surface area contributed by atoms with E-state index in [-0.39, 0.29) is 12.1 Å². The second-order valence-electron chi connectivity index (χ2n) is 6.86. The Morgan fingerprint density at radius 3 is 2.92 bits per heavy atom. The summed E-state index contributed by atoms with van der Waals surface area (Å²) in [5.41, 5.74) is 1.23. The van der Waals surface area contributed by atoms with Gasteiger partial charge in [0.2, 0.25) is 0 Å². The van der Waals surface area contributed by atoms with E-state index in [9.17, 15) is 4.79 Å². The third-order valence-corrected chi connectivity index (χ3v) is 5.11. The van der Waals surface area contributed by atoms with Crippen LogP contribution in [-0.4, -0.2) is 38.1 Å². The maximum absolute atomic E-state index is 12.7. The number of aryl methyl sites for hydroxylation is 3. The van der Waals surface area contributed by atoms with Crippen molar-refractivity contribution >= 4 is 6.03 Å². The highest BCUT2D eigenvalue weighted by molar-refractivity contribution is 5.74. The molecule has 2 aromatic heterocycles. The molecule has 25 heavy (non-hydrogen) atoms. The molecule has 3 heterocycles. The lowest BCUT2D eigenvalue weighted by Crippen LogP contribution is -2.45. The number of likely N-dealkylation sites (tertiary alicyclic amines) is 1. The number of carbonyl (C=O) groups excluding carboxylic acids is 1. The van der Waals surface area contributed by atoms with E-state index >= 15 is 0 Å². The number of nitrogens with zero attached hydrogens (tertiary/aromatic N) is 4. The van der Waals surface area contributed by atoms with Crippen LogP contribution in [-0.2, 0) is 13.6 Å². The number of hydrogen-bond donors (Lipinski definition) is 1. The van der Waals surface area contributed by atoms with Crippen molar-refractivity contribution in [2.24, 2.45) is 7.05 Å². The number of imidazole rings is 1. The molecule has 1 N–H and O–H groups in total. The minimum Gasteiger partial charge on any atom is -0.353 e. The van der Waals surface area contributed by atoms with Gasteiger partial charge in [0.15, 0.2) is 0 Å². The SMILES string of the molecule is Cc1nccn1CCCCNC(=O)N1CCCC[C@H]1c1cccn1C. The summed E-state index contributed by atoms with van der Waals surface area (Å²) in [6.45, 7) is 4.54. The van der Waals surface area contributed by atoms with Gasteiger partial charge in [0.05, 0.1) is 6.04 Å². The van der Waals surface area contributed by atoms with Gasteiger partial charge in [0.25, 0.3) is 0 Å². The van der Waals surface area contributed by atoms with Crippen molar-refractivity contribution < 1.29 is 4.79 Å². The van der Waals surface area contributed by atoms with E-state index in [1.54, 1.807) is 0 Å². The van der Waals surface area contributed by atoms with E-state index in [4.69, 9.17) is 0 Å². The van der Waals surface area contributed by atoms with Gasteiger partial charge in [-0.3, -0.25) is 0 Å². The first-order chi connectivity index (χ1) is 12.2. The lowest BCUT2D eigenvalue weighted by molar-refractivity contribution is 0.148. The molecule has 136 valence electrons. The van der Waals surface area contributed by atoms with E-state index in [0.717, 1.165) is 51.1 Å². The summed E-state index contributed by atoms with van der Waals surface area (Å²) in [7, 11) is 2.05. The number of amides is 2. The van der Waals surface area contributed by atoms with Crippen LogP contribution in [0.4, 0.5) is 4.79 Å². The summed E-state index contributed by atoms with van der Waals surface area (Å²) in [5.74, 6) is 1.04. The van der Waals surface area contributed by atoms with Crippen LogP contribution in [0.25, 0.3) is 0 Å². The first-order valence-electron chi connectivity index (χ1n) is 9.30. The second kappa shape index (κ2) is 8.23. The average molecular weight is 343 g/mol. The minimum absolute atomic E-state index is 0.0738. The zero-order chi connectivity index (χ0) is 17.6. The lowest BCUT2D eigenvalue weighted by Gasteiger charge is -2.36. The molecule has 1 fully saturated rings. The molecule has 6 nitrogen and oxygen atoms in total. The van der Waals surface area contributed by atoms with Gasteiger partial charge in [0, 0.05) is 51.0 Å². The largest absolute Gasteiger partial charge is 0.353 e. The number of rotatable bonds is 6. The Hall–Kier alpha value is -2.24. The molecule has 2 aromatic rings. The van der Waals surface area contributed by atoms with Gasteiger partial charge in [-0.1, -0.05) is 0 Å². The summed E-state index contributed by atoms with van der Waals surface area (Å²) in [5, 5.41) is 3.11. The molecule has 1 aliphatic rings. The molecule has 0 aliphatic carbocycles. The van der Waals surface area contributed by atoms with Gasteiger partial charge in [-0.05, 0) is 51.2 Å². The molecular formula is C19H29N5O. The highest BCUT2D eigenvalue weighted by atomic mass is 16.2. The first-order valence-corrected chi connectivity index (χ1v) is 9.30. The fourth-order valence-corrected chi connectivity index (χ4v) is 3.65. The van der Waals surface area contributed by atoms with Crippen LogP contribution in [0.2, 0.25) is 0 Å². The Labute approximate surface area is 149 Å². The molecule has 0 unspecified atom stereocenters. The Balaban J connectivity index is 1.46. The van der Waals surface area contributed by atoms with Crippen molar-refractivity contribution in [3.8, 4) is 0 Å². The molecule has 6 heteroatoms. The smallest absolute Gasteiger partial charge is 0.317 e. The molecule has 0 saturated carbocycles. The Morgan fingerprint density at radius 1 is 1.32 bits per heavy atom. The van der Waals surface area contributed by atoms with E-state index in [1.165, 1.54) is 12.1 Å². The number of piperidine rings is 1. The van der Waals surface area contributed by atoms with E-state index in [1.807, 2.05) is 24.2 Å². The van der Waals surface area contributed by atoms with E-state index in [0.29, 0.717) is 0 Å². The minimum atomic E-state index is 0.0738. The maximum Gasteiger partial charge on any atom is 0.317 e. The Morgan fingerprint density at radius 2 is 2.20 bits per heavy atom. The standard InChI is InChI=1S/C19H29N5O/c1-16-20-11-15-23(16)13-6-4-10-21-19(25)24-14-5-3-8-18(24)17-9-7-12-22(17)2/h7,9,11-12,15,18H,3-6,8,10,13-14H2,1-2H3,(H,21,25)/t18-/m0/s1. The molecule has 1 saturated heterocycles. The lowest BCUT2D eigenvalue weighted by atomic mass is 10.00. The molecule has 1 aliphatic heterocycles. The van der Waals surface area contributed by atoms with E-state index in [2.05, 4.69) is 44.8 Å². The van der Waals surface area contributed by atoms with Crippen LogP contribution < -0.4 is 5.32 Å². The van der Waals surface area contributed by atoms with Gasteiger partial charge in [-0.15, -0.1) is 0 Å². The van der Waals surface area contributed by atoms with Crippen LogP contribution in [0.5, 0.6) is 0 Å². The summed E-state index contributed by atoms with van der Waals surface area (Å²) in [4.78, 5) is 18.9. The van der Waals surface area contributed by atoms with Crippen LogP contribution >= 0.6 is 0 Å². The summed E-state index contributed by atoms with van der Waals surface area (Å²) in [6, 6.07) is 4.45. The first kappa shape index (κ1) is 17.6. The van der Waals surface area contributed by atoms with Crippen LogP contribution in [0.1, 0.15) is 49.7 Å². The average Bonchev–Trinajstić information content (AvgIpc) is 3.23. The molecule has 0 bridgehead atoms. The molecule has 3 rings (SSSR count). The van der Waals surface area contributed by atoms with Gasteiger partial charge in [-0.25, -0.2) is 9.78 Å². The number of urea groups is 1. The molecule has 0 aromatic carbocycles. The summed E-state index contributed by atoms with van der Waals surface area (Å²) < 4.78 is 4.28. The van der Waals surface area contributed by atoms with Crippen molar-refractivity contribution in [2.75, 3.05) is 13.1 Å². The number of hydrogen-bond acceptors (Lipinski definition) is 2. The number of unbranched alkanes of at least 4 members (excludes halogenated alkanes) is 1. The van der Waals surface area contributed by atoms with Gasteiger partial charge in [-0.2, -0.15) is 0 Å². The third-order valence-electron chi connectivity index (χ3n) is 5.11. The van der Waals surface area contributed by atoms with E-state index < -0.39 is 0 Å². The predicted molar refractivity (Wildman–Crippen MR) is 98.3 cm³/mol. The number of carbonyl (C=O) groups is 1. The monoisotopic (exact) mass is 343 g/mol. The fraction of sp³-hybridized carbons (Fsp3) is 0.579. The molecule has 0 spiro atoms. The second-order valence-corrected chi connectivity index (χ2v) is 6.86. The number of nitrogens with one attached hydrogen (secondary N) is 1. The molecule has 1 atom stereocenters. The van der Waals surface area contributed by atoms with Gasteiger partial charge in [0.1, 0.15) is 5.82 Å². The zero-order valence-electron chi connectivity index (χ0n) is 15.3. The Bertz CT molecular complexity index is 690. The van der Waals surface area contributed by atoms with Gasteiger partial charge < -0.3 is 19.4 Å². The predicted octanol–water partition coefficient (Wildman–Crippen LogP) is 3.25. The van der Waals surface area contributed by atoms with Crippen molar-refractivity contribution in [2.45, 2.75) is 51.6 Å². The zero-order valence-corrected chi connectivity index (χ0v) is 15.3. The molecule has 0 radical (unpaired) electrons. The topological polar surface area (TPSA) is 55.1 Å². The third kappa shape index (κ3) is 4.24. The highest BCUT2D eigenvalue weighted by Gasteiger charge is 2.29. The van der Waals surface area contributed by atoms with Crippen molar-refractivity contribution in [3.05, 3.63) is 42.2 Å². The van der Waals surface area contributed by atoms with Crippen molar-refractivity contribution in [1.29, 1.82) is 0 Å².